The molecule has 4 nitrogen and oxygen atoms in total. The summed E-state index contributed by atoms with van der Waals surface area (Å²) in [6, 6.07) is 16.4. The molecule has 2 aromatic rings. The first-order valence-electron chi connectivity index (χ1n) is 8.96. The highest BCUT2D eigenvalue weighted by Crippen LogP contribution is 2.17. The second kappa shape index (κ2) is 8.67. The molecule has 25 heavy (non-hydrogen) atoms. The van der Waals surface area contributed by atoms with Gasteiger partial charge in [-0.15, -0.1) is 0 Å². The first kappa shape index (κ1) is 17.5. The van der Waals surface area contributed by atoms with Crippen molar-refractivity contribution in [3.8, 4) is 5.75 Å². The average Bonchev–Trinajstić information content (AvgIpc) is 2.67. The fourth-order valence-corrected chi connectivity index (χ4v) is 2.97. The largest absolute Gasteiger partial charge is 0.489 e. The van der Waals surface area contributed by atoms with Crippen molar-refractivity contribution in [3.63, 3.8) is 0 Å². The van der Waals surface area contributed by atoms with Gasteiger partial charge in [0.15, 0.2) is 0 Å². The lowest BCUT2D eigenvalue weighted by Crippen LogP contribution is -2.46. The van der Waals surface area contributed by atoms with Crippen LogP contribution in [0.25, 0.3) is 0 Å². The lowest BCUT2D eigenvalue weighted by Gasteiger charge is -2.27. The second-order valence-electron chi connectivity index (χ2n) is 6.55. The summed E-state index contributed by atoms with van der Waals surface area (Å²) in [4.78, 5) is 14.2. The third kappa shape index (κ3) is 5.33. The van der Waals surface area contributed by atoms with Crippen molar-refractivity contribution in [2.75, 3.05) is 26.2 Å². The molecular weight excluding hydrogens is 312 g/mol. The number of hydrogen-bond acceptors (Lipinski definition) is 3. The van der Waals surface area contributed by atoms with E-state index in [2.05, 4.69) is 42.6 Å². The van der Waals surface area contributed by atoms with Gasteiger partial charge in [0.05, 0.1) is 0 Å². The van der Waals surface area contributed by atoms with Crippen LogP contribution in [-0.4, -0.2) is 37.0 Å². The third-order valence-corrected chi connectivity index (χ3v) is 4.52. The molecule has 0 unspecified atom stereocenters. The van der Waals surface area contributed by atoms with Gasteiger partial charge in [-0.3, -0.25) is 4.79 Å². The molecule has 0 aromatic heterocycles. The van der Waals surface area contributed by atoms with E-state index in [9.17, 15) is 4.79 Å². The standard InChI is InChI=1S/C21H26N2O2/c1-17-5-7-19(8-6-17)16-25-20-4-2-3-18(15-20)9-10-21(24)23-13-11-22-12-14-23/h2-8,15,22H,9-14,16H2,1H3. The summed E-state index contributed by atoms with van der Waals surface area (Å²) in [6.07, 6.45) is 1.31. The highest BCUT2D eigenvalue weighted by molar-refractivity contribution is 5.76. The summed E-state index contributed by atoms with van der Waals surface area (Å²) in [5, 5.41) is 3.27. The molecule has 1 saturated heterocycles. The number of benzene rings is 2. The third-order valence-electron chi connectivity index (χ3n) is 4.52. The molecule has 1 N–H and O–H groups in total. The molecule has 0 atom stereocenters. The Kier molecular flexibility index (Phi) is 6.07. The van der Waals surface area contributed by atoms with Crippen molar-refractivity contribution in [3.05, 3.63) is 65.2 Å². The van der Waals surface area contributed by atoms with Gasteiger partial charge in [0, 0.05) is 32.6 Å². The number of piperazine rings is 1. The summed E-state index contributed by atoms with van der Waals surface area (Å²) >= 11 is 0. The van der Waals surface area contributed by atoms with Crippen molar-refractivity contribution in [1.29, 1.82) is 0 Å². The van der Waals surface area contributed by atoms with E-state index in [1.54, 1.807) is 0 Å². The van der Waals surface area contributed by atoms with Crippen LogP contribution in [0.2, 0.25) is 0 Å². The number of hydrogen-bond donors (Lipinski definition) is 1. The number of aryl methyl sites for hydroxylation is 2. The van der Waals surface area contributed by atoms with Gasteiger partial charge in [0.2, 0.25) is 5.91 Å². The topological polar surface area (TPSA) is 41.6 Å². The number of ether oxygens (including phenoxy) is 1. The van der Waals surface area contributed by atoms with Gasteiger partial charge < -0.3 is 15.0 Å². The molecule has 1 heterocycles. The summed E-state index contributed by atoms with van der Waals surface area (Å²) in [5.74, 6) is 1.10. The van der Waals surface area contributed by atoms with Gasteiger partial charge in [-0.25, -0.2) is 0 Å². The van der Waals surface area contributed by atoms with Crippen LogP contribution in [0, 0.1) is 6.92 Å². The van der Waals surface area contributed by atoms with Crippen molar-refractivity contribution in [2.24, 2.45) is 0 Å². The van der Waals surface area contributed by atoms with Crippen LogP contribution in [0.3, 0.4) is 0 Å². The smallest absolute Gasteiger partial charge is 0.222 e. The molecule has 3 rings (SSSR count). The highest BCUT2D eigenvalue weighted by Gasteiger charge is 2.15. The number of nitrogens with one attached hydrogen (secondary N) is 1. The molecule has 2 aromatic carbocycles. The molecule has 132 valence electrons. The number of rotatable bonds is 6. The molecule has 0 radical (unpaired) electrons. The Bertz CT molecular complexity index is 691. The monoisotopic (exact) mass is 338 g/mol. The maximum Gasteiger partial charge on any atom is 0.222 e. The van der Waals surface area contributed by atoms with Crippen molar-refractivity contribution < 1.29 is 9.53 Å². The lowest BCUT2D eigenvalue weighted by molar-refractivity contribution is -0.131. The number of amides is 1. The van der Waals surface area contributed by atoms with Crippen LogP contribution >= 0.6 is 0 Å². The molecule has 1 fully saturated rings. The quantitative estimate of drug-likeness (QED) is 0.880. The molecule has 0 bridgehead atoms. The fourth-order valence-electron chi connectivity index (χ4n) is 2.97. The van der Waals surface area contributed by atoms with Crippen LogP contribution in [-0.2, 0) is 17.8 Å². The van der Waals surface area contributed by atoms with E-state index in [-0.39, 0.29) is 5.91 Å². The maximum atomic E-state index is 12.3. The number of carbonyl (C=O) groups excluding carboxylic acids is 1. The van der Waals surface area contributed by atoms with Gasteiger partial charge in [-0.05, 0) is 36.6 Å². The first-order chi connectivity index (χ1) is 12.2. The van der Waals surface area contributed by atoms with Crippen LogP contribution in [0.1, 0.15) is 23.1 Å². The van der Waals surface area contributed by atoms with Crippen LogP contribution in [0.15, 0.2) is 48.5 Å². The van der Waals surface area contributed by atoms with Crippen molar-refractivity contribution in [2.45, 2.75) is 26.4 Å². The minimum Gasteiger partial charge on any atom is -0.489 e. The summed E-state index contributed by atoms with van der Waals surface area (Å²) in [6.45, 7) is 6.07. The first-order valence-corrected chi connectivity index (χ1v) is 8.96. The van der Waals surface area contributed by atoms with E-state index < -0.39 is 0 Å². The highest BCUT2D eigenvalue weighted by atomic mass is 16.5. The predicted octanol–water partition coefficient (Wildman–Crippen LogP) is 2.94. The van der Waals surface area contributed by atoms with Gasteiger partial charge in [-0.2, -0.15) is 0 Å². The minimum absolute atomic E-state index is 0.243. The normalized spacial score (nSPS) is 14.4. The summed E-state index contributed by atoms with van der Waals surface area (Å²) < 4.78 is 5.89. The summed E-state index contributed by atoms with van der Waals surface area (Å²) in [5.41, 5.74) is 3.55. The Morgan fingerprint density at radius 1 is 1.08 bits per heavy atom. The van der Waals surface area contributed by atoms with Gasteiger partial charge in [-0.1, -0.05) is 42.0 Å². The Morgan fingerprint density at radius 3 is 2.60 bits per heavy atom. The van der Waals surface area contributed by atoms with E-state index in [4.69, 9.17) is 4.74 Å². The fraction of sp³-hybridized carbons (Fsp3) is 0.381. The zero-order chi connectivity index (χ0) is 17.5. The Hall–Kier alpha value is -2.33. The Morgan fingerprint density at radius 2 is 1.84 bits per heavy atom. The van der Waals surface area contributed by atoms with E-state index in [0.29, 0.717) is 13.0 Å². The zero-order valence-electron chi connectivity index (χ0n) is 14.8. The van der Waals surface area contributed by atoms with Crippen LogP contribution in [0.5, 0.6) is 5.75 Å². The lowest BCUT2D eigenvalue weighted by atomic mass is 10.1. The Balaban J connectivity index is 1.50. The molecule has 0 saturated carbocycles. The van der Waals surface area contributed by atoms with E-state index >= 15 is 0 Å². The molecule has 0 spiro atoms. The Labute approximate surface area is 149 Å². The molecule has 0 aliphatic carbocycles. The molecular formula is C21H26N2O2. The molecule has 4 heteroatoms. The number of nitrogens with zero attached hydrogens (tertiary/aromatic N) is 1. The minimum atomic E-state index is 0.243. The maximum absolute atomic E-state index is 12.3. The molecule has 1 amide bonds. The van der Waals surface area contributed by atoms with Crippen molar-refractivity contribution >= 4 is 5.91 Å². The molecule has 1 aliphatic rings. The van der Waals surface area contributed by atoms with Gasteiger partial charge in [0.25, 0.3) is 0 Å². The van der Waals surface area contributed by atoms with Crippen LogP contribution in [0.4, 0.5) is 0 Å². The SMILES string of the molecule is Cc1ccc(COc2cccc(CCC(=O)N3CCNCC3)c2)cc1. The van der Waals surface area contributed by atoms with Crippen molar-refractivity contribution in [1.82, 2.24) is 10.2 Å². The second-order valence-corrected chi connectivity index (χ2v) is 6.55. The average molecular weight is 338 g/mol. The van der Waals surface area contributed by atoms with E-state index in [1.165, 1.54) is 5.56 Å². The van der Waals surface area contributed by atoms with Gasteiger partial charge >= 0.3 is 0 Å². The summed E-state index contributed by atoms with van der Waals surface area (Å²) in [7, 11) is 0. The predicted molar refractivity (Wildman–Crippen MR) is 99.7 cm³/mol. The van der Waals surface area contributed by atoms with Gasteiger partial charge in [0.1, 0.15) is 12.4 Å². The van der Waals surface area contributed by atoms with Crippen LogP contribution < -0.4 is 10.1 Å². The van der Waals surface area contributed by atoms with E-state index in [1.807, 2.05) is 23.1 Å². The van der Waals surface area contributed by atoms with E-state index in [0.717, 1.165) is 49.5 Å². The zero-order valence-corrected chi connectivity index (χ0v) is 14.8. The number of carbonyl (C=O) groups is 1. The molecule has 1 aliphatic heterocycles.